The van der Waals surface area contributed by atoms with Gasteiger partial charge in [0.25, 0.3) is 0 Å². The third kappa shape index (κ3) is 4.51. The fraction of sp³-hybridized carbons (Fsp3) is 0.500. The molecule has 1 aliphatic heterocycles. The van der Waals surface area contributed by atoms with Crippen LogP contribution in [0.3, 0.4) is 0 Å². The van der Waals surface area contributed by atoms with Gasteiger partial charge in [0.1, 0.15) is 18.2 Å². The van der Waals surface area contributed by atoms with Gasteiger partial charge in [0.15, 0.2) is 5.82 Å². The number of aromatic nitrogens is 3. The molecular formula is C20H28N4O2. The lowest BCUT2D eigenvalue weighted by molar-refractivity contribution is 0.198. The number of nitrogens with zero attached hydrogens (tertiary/aromatic N) is 4. The predicted molar refractivity (Wildman–Crippen MR) is 102 cm³/mol. The number of hydrogen-bond acceptors (Lipinski definition) is 5. The van der Waals surface area contributed by atoms with E-state index < -0.39 is 0 Å². The summed E-state index contributed by atoms with van der Waals surface area (Å²) < 4.78 is 7.30. The van der Waals surface area contributed by atoms with E-state index in [2.05, 4.69) is 33.3 Å². The van der Waals surface area contributed by atoms with Crippen LogP contribution in [0.5, 0.6) is 5.75 Å². The van der Waals surface area contributed by atoms with E-state index in [1.165, 1.54) is 12.8 Å². The molecule has 0 unspecified atom stereocenters. The molecule has 0 radical (unpaired) electrons. The van der Waals surface area contributed by atoms with E-state index in [0.29, 0.717) is 11.7 Å². The van der Waals surface area contributed by atoms with Crippen molar-refractivity contribution >= 4 is 6.08 Å². The number of methoxy groups -OCH3 is 1. The van der Waals surface area contributed by atoms with E-state index in [1.807, 2.05) is 29.8 Å². The van der Waals surface area contributed by atoms with Crippen LogP contribution in [0.15, 0.2) is 30.3 Å². The molecule has 1 N–H and O–H groups in total. The van der Waals surface area contributed by atoms with Gasteiger partial charge in [-0.1, -0.05) is 30.4 Å². The summed E-state index contributed by atoms with van der Waals surface area (Å²) in [5, 5.41) is 17.5. The number of benzene rings is 1. The Balaban J connectivity index is 1.46. The van der Waals surface area contributed by atoms with Crippen molar-refractivity contribution < 1.29 is 9.84 Å². The minimum absolute atomic E-state index is 0.0551. The molecule has 0 aliphatic carbocycles. The minimum Gasteiger partial charge on any atom is -0.496 e. The second-order valence-electron chi connectivity index (χ2n) is 6.84. The summed E-state index contributed by atoms with van der Waals surface area (Å²) in [7, 11) is 3.64. The fourth-order valence-corrected chi connectivity index (χ4v) is 3.48. The van der Waals surface area contributed by atoms with Crippen LogP contribution in [-0.2, 0) is 20.1 Å². The first-order valence-electron chi connectivity index (χ1n) is 9.21. The summed E-state index contributed by atoms with van der Waals surface area (Å²) >= 11 is 0. The molecular weight excluding hydrogens is 328 g/mol. The Morgan fingerprint density at radius 3 is 2.62 bits per heavy atom. The number of aliphatic hydroxyl groups is 1. The smallest absolute Gasteiger partial charge is 0.158 e. The topological polar surface area (TPSA) is 63.4 Å². The number of ether oxygens (including phenoxy) is 1. The number of piperidine rings is 1. The van der Waals surface area contributed by atoms with E-state index in [-0.39, 0.29) is 6.61 Å². The van der Waals surface area contributed by atoms with Crippen LogP contribution < -0.4 is 4.74 Å². The van der Waals surface area contributed by atoms with Gasteiger partial charge < -0.3 is 14.4 Å². The Kier molecular flexibility index (Phi) is 6.41. The first-order chi connectivity index (χ1) is 12.7. The highest BCUT2D eigenvalue weighted by Crippen LogP contribution is 2.22. The van der Waals surface area contributed by atoms with Gasteiger partial charge in [-0.2, -0.15) is 0 Å². The van der Waals surface area contributed by atoms with Crippen molar-refractivity contribution in [2.75, 3.05) is 26.7 Å². The molecule has 0 saturated carbocycles. The molecule has 2 heterocycles. The molecule has 6 heteroatoms. The predicted octanol–water partition coefficient (Wildman–Crippen LogP) is 2.28. The molecule has 3 rings (SSSR count). The maximum Gasteiger partial charge on any atom is 0.158 e. The third-order valence-electron chi connectivity index (χ3n) is 5.17. The van der Waals surface area contributed by atoms with Gasteiger partial charge in [0.05, 0.1) is 7.11 Å². The number of hydrogen-bond donors (Lipinski definition) is 1. The van der Waals surface area contributed by atoms with Gasteiger partial charge in [0, 0.05) is 25.6 Å². The van der Waals surface area contributed by atoms with Gasteiger partial charge in [-0.25, -0.2) is 0 Å². The van der Waals surface area contributed by atoms with Crippen LogP contribution in [0, 0.1) is 5.92 Å². The Labute approximate surface area is 155 Å². The standard InChI is InChI=1S/C20H28N4O2/c1-23-19(21-22-20(23)15-25)14-16-9-12-24(13-10-16)11-5-7-17-6-3-4-8-18(17)26-2/h3-8,16,25H,9-15H2,1-2H3/b7-5+. The molecule has 1 aliphatic rings. The summed E-state index contributed by atoms with van der Waals surface area (Å²) in [6.45, 7) is 3.11. The van der Waals surface area contributed by atoms with E-state index in [1.54, 1.807) is 7.11 Å². The van der Waals surface area contributed by atoms with Gasteiger partial charge in [-0.15, -0.1) is 10.2 Å². The van der Waals surface area contributed by atoms with Crippen molar-refractivity contribution in [1.82, 2.24) is 19.7 Å². The molecule has 0 bridgehead atoms. The number of para-hydroxylation sites is 1. The van der Waals surface area contributed by atoms with Crippen molar-refractivity contribution in [3.63, 3.8) is 0 Å². The van der Waals surface area contributed by atoms with Crippen LogP contribution in [0.25, 0.3) is 6.08 Å². The lowest BCUT2D eigenvalue weighted by Crippen LogP contribution is -2.34. The van der Waals surface area contributed by atoms with Crippen LogP contribution in [-0.4, -0.2) is 51.5 Å². The third-order valence-corrected chi connectivity index (χ3v) is 5.17. The van der Waals surface area contributed by atoms with Gasteiger partial charge in [-0.3, -0.25) is 4.90 Å². The van der Waals surface area contributed by atoms with Crippen LogP contribution in [0.1, 0.15) is 30.1 Å². The monoisotopic (exact) mass is 356 g/mol. The highest BCUT2D eigenvalue weighted by Gasteiger charge is 2.21. The van der Waals surface area contributed by atoms with Gasteiger partial charge in [0.2, 0.25) is 0 Å². The van der Waals surface area contributed by atoms with Crippen LogP contribution in [0.2, 0.25) is 0 Å². The molecule has 1 saturated heterocycles. The fourth-order valence-electron chi connectivity index (χ4n) is 3.48. The Bertz CT molecular complexity index is 733. The normalized spacial score (nSPS) is 16.4. The molecule has 2 aromatic rings. The minimum atomic E-state index is -0.0551. The molecule has 1 aromatic carbocycles. The second-order valence-corrected chi connectivity index (χ2v) is 6.84. The van der Waals surface area contributed by atoms with Crippen LogP contribution in [0.4, 0.5) is 0 Å². The van der Waals surface area contributed by atoms with Crippen LogP contribution >= 0.6 is 0 Å². The Morgan fingerprint density at radius 2 is 1.92 bits per heavy atom. The summed E-state index contributed by atoms with van der Waals surface area (Å²) in [5.74, 6) is 3.16. The van der Waals surface area contributed by atoms with Crippen molar-refractivity contribution in [1.29, 1.82) is 0 Å². The average molecular weight is 356 g/mol. The number of aliphatic hydroxyl groups excluding tert-OH is 1. The van der Waals surface area contributed by atoms with E-state index in [4.69, 9.17) is 4.74 Å². The molecule has 0 spiro atoms. The maximum absolute atomic E-state index is 9.23. The highest BCUT2D eigenvalue weighted by atomic mass is 16.5. The first kappa shape index (κ1) is 18.6. The van der Waals surface area contributed by atoms with Crippen molar-refractivity contribution in [2.45, 2.75) is 25.9 Å². The van der Waals surface area contributed by atoms with Crippen molar-refractivity contribution in [2.24, 2.45) is 13.0 Å². The Hall–Kier alpha value is -2.18. The molecule has 26 heavy (non-hydrogen) atoms. The number of likely N-dealkylation sites (tertiary alicyclic amines) is 1. The quantitative estimate of drug-likeness (QED) is 0.825. The second kappa shape index (κ2) is 8.96. The summed E-state index contributed by atoms with van der Waals surface area (Å²) in [6.07, 6.45) is 7.64. The Morgan fingerprint density at radius 1 is 1.19 bits per heavy atom. The molecule has 0 amide bonds. The highest BCUT2D eigenvalue weighted by molar-refractivity contribution is 5.57. The zero-order valence-electron chi connectivity index (χ0n) is 15.6. The van der Waals surface area contributed by atoms with Gasteiger partial charge >= 0.3 is 0 Å². The zero-order valence-corrected chi connectivity index (χ0v) is 15.6. The molecule has 140 valence electrons. The molecule has 6 nitrogen and oxygen atoms in total. The zero-order chi connectivity index (χ0) is 18.4. The number of rotatable bonds is 7. The van der Waals surface area contributed by atoms with E-state index in [0.717, 1.165) is 43.2 Å². The summed E-state index contributed by atoms with van der Waals surface area (Å²) in [6, 6.07) is 8.08. The van der Waals surface area contributed by atoms with E-state index in [9.17, 15) is 5.11 Å². The van der Waals surface area contributed by atoms with Crippen molar-refractivity contribution in [3.8, 4) is 5.75 Å². The lowest BCUT2D eigenvalue weighted by atomic mass is 9.93. The SMILES string of the molecule is COc1ccccc1/C=C/CN1CCC(Cc2nnc(CO)n2C)CC1. The molecule has 0 atom stereocenters. The summed E-state index contributed by atoms with van der Waals surface area (Å²) in [5.41, 5.74) is 1.12. The molecule has 1 fully saturated rings. The lowest BCUT2D eigenvalue weighted by Gasteiger charge is -2.30. The summed E-state index contributed by atoms with van der Waals surface area (Å²) in [4.78, 5) is 2.48. The average Bonchev–Trinajstić information content (AvgIpc) is 3.03. The maximum atomic E-state index is 9.23. The van der Waals surface area contributed by atoms with Crippen molar-refractivity contribution in [3.05, 3.63) is 47.6 Å². The van der Waals surface area contributed by atoms with E-state index >= 15 is 0 Å². The largest absolute Gasteiger partial charge is 0.496 e. The first-order valence-corrected chi connectivity index (χ1v) is 9.21. The van der Waals surface area contributed by atoms with Gasteiger partial charge in [-0.05, 0) is 37.9 Å². The molecule has 1 aromatic heterocycles.